The molecule has 0 atom stereocenters. The van der Waals surface area contributed by atoms with E-state index in [0.29, 0.717) is 21.5 Å². The van der Waals surface area contributed by atoms with Crippen molar-refractivity contribution in [3.63, 3.8) is 0 Å². The van der Waals surface area contributed by atoms with E-state index < -0.39 is 5.97 Å². The second-order valence-electron chi connectivity index (χ2n) is 3.66. The number of para-hydroxylation sites is 1. The molecular weight excluding hydrogens is 310 g/mol. The Kier molecular flexibility index (Phi) is 3.83. The zero-order valence-electron chi connectivity index (χ0n) is 9.63. The summed E-state index contributed by atoms with van der Waals surface area (Å²) in [6.45, 7) is 0. The highest BCUT2D eigenvalue weighted by molar-refractivity contribution is 9.10. The zero-order valence-corrected chi connectivity index (χ0v) is 11.2. The van der Waals surface area contributed by atoms with E-state index >= 15 is 0 Å². The van der Waals surface area contributed by atoms with E-state index in [2.05, 4.69) is 15.9 Å². The quantitative estimate of drug-likeness (QED) is 0.934. The summed E-state index contributed by atoms with van der Waals surface area (Å²) in [4.78, 5) is 10.9. The van der Waals surface area contributed by atoms with Crippen LogP contribution in [0.4, 0.5) is 0 Å². The van der Waals surface area contributed by atoms with Gasteiger partial charge in [0.05, 0.1) is 11.1 Å². The smallest absolute Gasteiger partial charge is 0.336 e. The summed E-state index contributed by atoms with van der Waals surface area (Å²) in [5, 5.41) is 17.9. The number of nitrogens with zero attached hydrogens (tertiary/aromatic N) is 1. The van der Waals surface area contributed by atoms with Crippen LogP contribution in [0, 0.1) is 11.3 Å². The summed E-state index contributed by atoms with van der Waals surface area (Å²) in [5.41, 5.74) is 0.571. The van der Waals surface area contributed by atoms with Crippen molar-refractivity contribution in [3.8, 4) is 17.6 Å². The topological polar surface area (TPSA) is 70.3 Å². The fourth-order valence-corrected chi connectivity index (χ4v) is 2.04. The van der Waals surface area contributed by atoms with Gasteiger partial charge in [-0.3, -0.25) is 0 Å². The predicted octanol–water partition coefficient (Wildman–Crippen LogP) is 3.81. The van der Waals surface area contributed by atoms with Crippen molar-refractivity contribution in [2.75, 3.05) is 0 Å². The van der Waals surface area contributed by atoms with Crippen molar-refractivity contribution in [1.82, 2.24) is 0 Å². The van der Waals surface area contributed by atoms with Crippen molar-refractivity contribution in [2.24, 2.45) is 0 Å². The van der Waals surface area contributed by atoms with E-state index in [0.717, 1.165) is 0 Å². The third kappa shape index (κ3) is 2.92. The Hall–Kier alpha value is -2.32. The van der Waals surface area contributed by atoms with Crippen LogP contribution in [0.1, 0.15) is 15.9 Å². The van der Waals surface area contributed by atoms with Crippen LogP contribution in [0.5, 0.6) is 11.5 Å². The summed E-state index contributed by atoms with van der Waals surface area (Å²) in [6, 6.07) is 13.4. The van der Waals surface area contributed by atoms with Crippen molar-refractivity contribution in [2.45, 2.75) is 0 Å². The lowest BCUT2D eigenvalue weighted by atomic mass is 10.2. The SMILES string of the molecule is N#Cc1ccccc1Oc1ccc(C(=O)O)c(Br)c1. The van der Waals surface area contributed by atoms with Crippen LogP contribution in [0.15, 0.2) is 46.9 Å². The van der Waals surface area contributed by atoms with Crippen molar-refractivity contribution >= 4 is 21.9 Å². The maximum atomic E-state index is 10.9. The van der Waals surface area contributed by atoms with E-state index in [4.69, 9.17) is 15.1 Å². The fourth-order valence-electron chi connectivity index (χ4n) is 1.51. The largest absolute Gasteiger partial charge is 0.478 e. The standard InChI is InChI=1S/C14H8BrNO3/c15-12-7-10(5-6-11(12)14(17)18)19-13-4-2-1-3-9(13)8-16/h1-7H,(H,17,18). The molecule has 0 fully saturated rings. The Bertz CT molecular complexity index is 677. The average Bonchev–Trinajstić information content (AvgIpc) is 2.39. The van der Waals surface area contributed by atoms with Gasteiger partial charge in [0.1, 0.15) is 17.6 Å². The summed E-state index contributed by atoms with van der Waals surface area (Å²) >= 11 is 3.17. The van der Waals surface area contributed by atoms with Gasteiger partial charge in [0, 0.05) is 4.47 Å². The number of carboxylic acid groups (broad SMARTS) is 1. The van der Waals surface area contributed by atoms with Crippen LogP contribution in [0.2, 0.25) is 0 Å². The number of benzene rings is 2. The monoisotopic (exact) mass is 317 g/mol. The highest BCUT2D eigenvalue weighted by Gasteiger charge is 2.10. The molecular formula is C14H8BrNO3. The van der Waals surface area contributed by atoms with Crippen LogP contribution in [0.3, 0.4) is 0 Å². The molecule has 0 spiro atoms. The molecule has 2 aromatic rings. The van der Waals surface area contributed by atoms with Crippen LogP contribution >= 0.6 is 15.9 Å². The van der Waals surface area contributed by atoms with Crippen LogP contribution < -0.4 is 4.74 Å². The molecule has 94 valence electrons. The molecule has 4 nitrogen and oxygen atoms in total. The predicted molar refractivity (Wildman–Crippen MR) is 72.3 cm³/mol. The third-order valence-electron chi connectivity index (χ3n) is 2.41. The number of ether oxygens (including phenoxy) is 1. The van der Waals surface area contributed by atoms with E-state index in [1.165, 1.54) is 6.07 Å². The average molecular weight is 318 g/mol. The fraction of sp³-hybridized carbons (Fsp3) is 0. The number of carbonyl (C=O) groups is 1. The van der Waals surface area contributed by atoms with Gasteiger partial charge in [-0.25, -0.2) is 4.79 Å². The molecule has 0 saturated heterocycles. The Balaban J connectivity index is 2.32. The van der Waals surface area contributed by atoms with E-state index in [-0.39, 0.29) is 5.56 Å². The van der Waals surface area contributed by atoms with Crippen molar-refractivity contribution in [3.05, 3.63) is 58.1 Å². The van der Waals surface area contributed by atoms with Gasteiger partial charge in [-0.15, -0.1) is 0 Å². The van der Waals surface area contributed by atoms with Gasteiger partial charge < -0.3 is 9.84 Å². The van der Waals surface area contributed by atoms with Crippen LogP contribution in [-0.4, -0.2) is 11.1 Å². The summed E-state index contributed by atoms with van der Waals surface area (Å²) in [6.07, 6.45) is 0. The highest BCUT2D eigenvalue weighted by atomic mass is 79.9. The molecule has 19 heavy (non-hydrogen) atoms. The van der Waals surface area contributed by atoms with Gasteiger partial charge in [-0.2, -0.15) is 5.26 Å². The zero-order chi connectivity index (χ0) is 13.8. The molecule has 0 heterocycles. The van der Waals surface area contributed by atoms with E-state index in [1.807, 2.05) is 6.07 Å². The molecule has 0 aliphatic rings. The minimum atomic E-state index is -1.02. The molecule has 0 aliphatic heterocycles. The van der Waals surface area contributed by atoms with Gasteiger partial charge in [0.2, 0.25) is 0 Å². The van der Waals surface area contributed by atoms with Crippen molar-refractivity contribution in [1.29, 1.82) is 5.26 Å². The summed E-state index contributed by atoms with van der Waals surface area (Å²) in [7, 11) is 0. The maximum absolute atomic E-state index is 10.9. The molecule has 0 aliphatic carbocycles. The van der Waals surface area contributed by atoms with Gasteiger partial charge in [-0.05, 0) is 46.3 Å². The number of hydrogen-bond acceptors (Lipinski definition) is 3. The molecule has 5 heteroatoms. The Morgan fingerprint density at radius 2 is 2.00 bits per heavy atom. The first-order valence-electron chi connectivity index (χ1n) is 5.31. The van der Waals surface area contributed by atoms with Gasteiger partial charge in [0.25, 0.3) is 0 Å². The molecule has 0 aromatic heterocycles. The Labute approximate surface area is 118 Å². The Morgan fingerprint density at radius 1 is 1.26 bits per heavy atom. The molecule has 0 saturated carbocycles. The first-order valence-corrected chi connectivity index (χ1v) is 6.11. The molecule has 0 radical (unpaired) electrons. The second-order valence-corrected chi connectivity index (χ2v) is 4.51. The molecule has 0 bridgehead atoms. The second kappa shape index (κ2) is 5.55. The summed E-state index contributed by atoms with van der Waals surface area (Å²) < 4.78 is 5.99. The van der Waals surface area contributed by atoms with Crippen molar-refractivity contribution < 1.29 is 14.6 Å². The minimum absolute atomic E-state index is 0.154. The first-order chi connectivity index (χ1) is 9.11. The number of carboxylic acids is 1. The first kappa shape index (κ1) is 13.1. The van der Waals surface area contributed by atoms with E-state index in [9.17, 15) is 4.79 Å². The number of rotatable bonds is 3. The number of hydrogen-bond donors (Lipinski definition) is 1. The Morgan fingerprint density at radius 3 is 2.63 bits per heavy atom. The number of aromatic carboxylic acids is 1. The molecule has 0 unspecified atom stereocenters. The maximum Gasteiger partial charge on any atom is 0.336 e. The minimum Gasteiger partial charge on any atom is -0.478 e. The molecule has 2 aromatic carbocycles. The number of nitriles is 1. The molecule has 1 N–H and O–H groups in total. The van der Waals surface area contributed by atoms with Gasteiger partial charge >= 0.3 is 5.97 Å². The third-order valence-corrected chi connectivity index (χ3v) is 3.06. The lowest BCUT2D eigenvalue weighted by Crippen LogP contribution is -1.97. The van der Waals surface area contributed by atoms with E-state index in [1.54, 1.807) is 36.4 Å². The van der Waals surface area contributed by atoms with Gasteiger partial charge in [0.15, 0.2) is 0 Å². The lowest BCUT2D eigenvalue weighted by Gasteiger charge is -2.08. The van der Waals surface area contributed by atoms with Crippen LogP contribution in [-0.2, 0) is 0 Å². The molecule has 0 amide bonds. The highest BCUT2D eigenvalue weighted by Crippen LogP contribution is 2.28. The molecule has 2 rings (SSSR count). The van der Waals surface area contributed by atoms with Crippen LogP contribution in [0.25, 0.3) is 0 Å². The lowest BCUT2D eigenvalue weighted by molar-refractivity contribution is 0.0696. The number of halogens is 1. The normalized spacial score (nSPS) is 9.68. The summed E-state index contributed by atoms with van der Waals surface area (Å²) in [5.74, 6) is -0.129. The van der Waals surface area contributed by atoms with Gasteiger partial charge in [-0.1, -0.05) is 12.1 Å².